The van der Waals surface area contributed by atoms with Crippen molar-refractivity contribution in [2.45, 2.75) is 118 Å². The van der Waals surface area contributed by atoms with E-state index in [9.17, 15) is 25.2 Å². The van der Waals surface area contributed by atoms with E-state index in [2.05, 4.69) is 54.5 Å². The summed E-state index contributed by atoms with van der Waals surface area (Å²) in [6.45, 7) is 15.6. The molecular formula is C30H48O5. The lowest BCUT2D eigenvalue weighted by Crippen LogP contribution is -2.68. The highest BCUT2D eigenvalue weighted by Crippen LogP contribution is 2.75. The van der Waals surface area contributed by atoms with Crippen molar-refractivity contribution in [2.24, 2.45) is 50.2 Å². The topological polar surface area (TPSA) is 98.0 Å². The van der Waals surface area contributed by atoms with Crippen LogP contribution in [0.15, 0.2) is 11.6 Å². The van der Waals surface area contributed by atoms with E-state index in [-0.39, 0.29) is 33.0 Å². The summed E-state index contributed by atoms with van der Waals surface area (Å²) in [4.78, 5) is 12.8. The standard InChI is InChI=1S/C30H48O5/c1-25(2)12-14-30(24(34)35)15-13-28(6)17(21(30)23(25)33)8-9-20-27(5)16-18(31)22(32)26(3,4)19(27)10-11-29(20,28)7/h8,18-23,31-33H,9-16H2,1-7H3,(H,34,35)/t18-,19-,20-,21-,22+,23+,27+,28-,29-,30+/m1/s1. The Morgan fingerprint density at radius 1 is 0.857 bits per heavy atom. The summed E-state index contributed by atoms with van der Waals surface area (Å²) in [5.41, 5.74) is -0.684. The quantitative estimate of drug-likeness (QED) is 0.382. The molecule has 10 atom stereocenters. The molecule has 35 heavy (non-hydrogen) atoms. The Hall–Kier alpha value is -0.910. The van der Waals surface area contributed by atoms with Gasteiger partial charge in [-0.2, -0.15) is 0 Å². The van der Waals surface area contributed by atoms with Gasteiger partial charge in [-0.3, -0.25) is 4.79 Å². The fourth-order valence-corrected chi connectivity index (χ4v) is 10.7. The largest absolute Gasteiger partial charge is 0.481 e. The van der Waals surface area contributed by atoms with Crippen LogP contribution in [0, 0.1) is 50.2 Å². The fourth-order valence-electron chi connectivity index (χ4n) is 10.7. The minimum atomic E-state index is -0.877. The molecule has 5 nitrogen and oxygen atoms in total. The van der Waals surface area contributed by atoms with E-state index in [1.54, 1.807) is 0 Å². The van der Waals surface area contributed by atoms with Gasteiger partial charge in [-0.15, -0.1) is 0 Å². The van der Waals surface area contributed by atoms with E-state index in [1.807, 2.05) is 0 Å². The third-order valence-corrected chi connectivity index (χ3v) is 13.2. The number of fused-ring (bicyclic) bond motifs is 7. The van der Waals surface area contributed by atoms with Gasteiger partial charge in [0.2, 0.25) is 0 Å². The lowest BCUT2D eigenvalue weighted by molar-refractivity contribution is -0.234. The van der Waals surface area contributed by atoms with Crippen molar-refractivity contribution in [2.75, 3.05) is 0 Å². The molecule has 4 saturated carbocycles. The van der Waals surface area contributed by atoms with Crippen molar-refractivity contribution in [3.63, 3.8) is 0 Å². The second kappa shape index (κ2) is 7.35. The number of allylic oxidation sites excluding steroid dienone is 1. The number of carboxylic acids is 1. The van der Waals surface area contributed by atoms with Gasteiger partial charge < -0.3 is 20.4 Å². The molecule has 0 saturated heterocycles. The Balaban J connectivity index is 1.63. The van der Waals surface area contributed by atoms with Gasteiger partial charge in [0.15, 0.2) is 0 Å². The number of aliphatic carboxylic acids is 1. The number of carbonyl (C=O) groups is 1. The molecule has 0 heterocycles. The molecular weight excluding hydrogens is 440 g/mol. The first-order valence-electron chi connectivity index (χ1n) is 14.0. The summed E-state index contributed by atoms with van der Waals surface area (Å²) in [6, 6.07) is 0. The monoisotopic (exact) mass is 488 g/mol. The Labute approximate surface area is 211 Å². The van der Waals surface area contributed by atoms with E-state index in [4.69, 9.17) is 0 Å². The normalized spacial score (nSPS) is 54.4. The Morgan fingerprint density at radius 2 is 1.49 bits per heavy atom. The molecule has 5 rings (SSSR count). The summed E-state index contributed by atoms with van der Waals surface area (Å²) in [5, 5.41) is 44.1. The predicted molar refractivity (Wildman–Crippen MR) is 135 cm³/mol. The minimum Gasteiger partial charge on any atom is -0.481 e. The zero-order valence-electron chi connectivity index (χ0n) is 22.9. The first-order valence-corrected chi connectivity index (χ1v) is 14.0. The maximum Gasteiger partial charge on any atom is 0.310 e. The highest BCUT2D eigenvalue weighted by Gasteiger charge is 2.71. The van der Waals surface area contributed by atoms with Gasteiger partial charge in [-0.05, 0) is 90.3 Å². The molecule has 0 radical (unpaired) electrons. The molecule has 198 valence electrons. The lowest BCUT2D eigenvalue weighted by atomic mass is 9.33. The molecule has 0 aromatic carbocycles. The van der Waals surface area contributed by atoms with Crippen molar-refractivity contribution in [3.05, 3.63) is 11.6 Å². The van der Waals surface area contributed by atoms with E-state index in [1.165, 1.54) is 5.57 Å². The van der Waals surface area contributed by atoms with Crippen LogP contribution in [-0.2, 0) is 4.79 Å². The van der Waals surface area contributed by atoms with Crippen molar-refractivity contribution in [1.82, 2.24) is 0 Å². The van der Waals surface area contributed by atoms with Crippen LogP contribution in [0.2, 0.25) is 0 Å². The fraction of sp³-hybridized carbons (Fsp3) is 0.900. The van der Waals surface area contributed by atoms with Crippen LogP contribution in [0.3, 0.4) is 0 Å². The third-order valence-electron chi connectivity index (χ3n) is 13.2. The zero-order chi connectivity index (χ0) is 26.0. The van der Waals surface area contributed by atoms with E-state index >= 15 is 0 Å². The van der Waals surface area contributed by atoms with Crippen LogP contribution in [0.5, 0.6) is 0 Å². The summed E-state index contributed by atoms with van der Waals surface area (Å²) in [7, 11) is 0. The second-order valence-electron chi connectivity index (χ2n) is 15.2. The summed E-state index contributed by atoms with van der Waals surface area (Å²) >= 11 is 0. The van der Waals surface area contributed by atoms with Crippen molar-refractivity contribution in [3.8, 4) is 0 Å². The van der Waals surface area contributed by atoms with Crippen molar-refractivity contribution < 1.29 is 25.2 Å². The average molecular weight is 489 g/mol. The highest BCUT2D eigenvalue weighted by molar-refractivity contribution is 5.77. The Morgan fingerprint density at radius 3 is 2.11 bits per heavy atom. The first-order chi connectivity index (χ1) is 16.0. The first kappa shape index (κ1) is 25.7. The molecule has 0 amide bonds. The molecule has 0 aromatic heterocycles. The molecule has 4 N–H and O–H groups in total. The number of aliphatic hydroxyl groups excluding tert-OH is 3. The molecule has 5 aliphatic carbocycles. The molecule has 5 aliphatic rings. The summed E-state index contributed by atoms with van der Waals surface area (Å²) in [6.07, 6.45) is 6.54. The van der Waals surface area contributed by atoms with Crippen molar-refractivity contribution >= 4 is 5.97 Å². The lowest BCUT2D eigenvalue weighted by Gasteiger charge is -2.71. The van der Waals surface area contributed by atoms with Crippen LogP contribution in [0.1, 0.15) is 99.8 Å². The second-order valence-corrected chi connectivity index (χ2v) is 15.2. The van der Waals surface area contributed by atoms with Gasteiger partial charge >= 0.3 is 5.97 Å². The van der Waals surface area contributed by atoms with E-state index < -0.39 is 29.7 Å². The number of carboxylic acid groups (broad SMARTS) is 1. The molecule has 4 fully saturated rings. The molecule has 0 aliphatic heterocycles. The van der Waals surface area contributed by atoms with E-state index in [0.717, 1.165) is 32.1 Å². The van der Waals surface area contributed by atoms with Gasteiger partial charge in [-0.1, -0.05) is 60.1 Å². The molecule has 0 spiro atoms. The minimum absolute atomic E-state index is 0.0492. The van der Waals surface area contributed by atoms with Gasteiger partial charge in [0.1, 0.15) is 0 Å². The maximum atomic E-state index is 12.8. The predicted octanol–water partition coefficient (Wildman–Crippen LogP) is 5.18. The summed E-state index contributed by atoms with van der Waals surface area (Å²) in [5.74, 6) is -0.420. The zero-order valence-corrected chi connectivity index (χ0v) is 22.9. The molecule has 5 heteroatoms. The van der Waals surface area contributed by atoms with Crippen LogP contribution in [0.25, 0.3) is 0 Å². The van der Waals surface area contributed by atoms with Crippen molar-refractivity contribution in [1.29, 1.82) is 0 Å². The average Bonchev–Trinajstić information content (AvgIpc) is 2.75. The van der Waals surface area contributed by atoms with Gasteiger partial charge in [0.25, 0.3) is 0 Å². The third kappa shape index (κ3) is 2.95. The van der Waals surface area contributed by atoms with Crippen LogP contribution in [0.4, 0.5) is 0 Å². The summed E-state index contributed by atoms with van der Waals surface area (Å²) < 4.78 is 0. The van der Waals surface area contributed by atoms with Gasteiger partial charge in [0.05, 0.1) is 23.7 Å². The number of hydrogen-bond acceptors (Lipinski definition) is 4. The molecule has 0 unspecified atom stereocenters. The molecule has 0 bridgehead atoms. The number of rotatable bonds is 1. The van der Waals surface area contributed by atoms with E-state index in [0.29, 0.717) is 31.1 Å². The Kier molecular flexibility index (Phi) is 5.40. The van der Waals surface area contributed by atoms with Gasteiger partial charge in [0, 0.05) is 5.92 Å². The Bertz CT molecular complexity index is 952. The smallest absolute Gasteiger partial charge is 0.310 e. The number of hydrogen-bond donors (Lipinski definition) is 4. The van der Waals surface area contributed by atoms with Crippen LogP contribution in [-0.4, -0.2) is 44.7 Å². The number of aliphatic hydroxyl groups is 3. The van der Waals surface area contributed by atoms with Crippen LogP contribution >= 0.6 is 0 Å². The van der Waals surface area contributed by atoms with Gasteiger partial charge in [-0.25, -0.2) is 0 Å². The SMILES string of the molecule is CC1(C)CC[C@]2(C(=O)O)CC[C@]3(C)C(=CC[C@@H]4[C@@]5(C)C[C@@H](O)[C@H](O)C(C)(C)[C@H]5CC[C@]43C)[C@@H]2[C@@H]1O. The maximum absolute atomic E-state index is 12.8. The molecule has 0 aromatic rings. The highest BCUT2D eigenvalue weighted by atomic mass is 16.4. The van der Waals surface area contributed by atoms with Crippen LogP contribution < -0.4 is 0 Å².